The van der Waals surface area contributed by atoms with E-state index in [2.05, 4.69) is 10.6 Å². The number of carbonyl (C=O) groups is 1. The molecule has 2 aromatic carbocycles. The van der Waals surface area contributed by atoms with Crippen molar-refractivity contribution in [2.24, 2.45) is 0 Å². The highest BCUT2D eigenvalue weighted by atomic mass is 16.5. The molecule has 0 saturated heterocycles. The molecule has 29 heavy (non-hydrogen) atoms. The van der Waals surface area contributed by atoms with Crippen molar-refractivity contribution >= 4 is 17.2 Å². The molecule has 146 valence electrons. The van der Waals surface area contributed by atoms with Crippen LogP contribution in [-0.2, 0) is 4.79 Å². The van der Waals surface area contributed by atoms with Gasteiger partial charge < -0.3 is 19.8 Å². The van der Waals surface area contributed by atoms with E-state index in [0.717, 1.165) is 46.1 Å². The summed E-state index contributed by atoms with van der Waals surface area (Å²) in [5, 5.41) is 7.12. The Balaban J connectivity index is 1.60. The first-order chi connectivity index (χ1) is 14.2. The van der Waals surface area contributed by atoms with E-state index in [0.29, 0.717) is 6.42 Å². The highest BCUT2D eigenvalue weighted by Crippen LogP contribution is 2.44. The Labute approximate surface area is 169 Å². The lowest BCUT2D eigenvalue weighted by molar-refractivity contribution is -0.116. The summed E-state index contributed by atoms with van der Waals surface area (Å²) < 4.78 is 10.9. The number of ketones is 1. The van der Waals surface area contributed by atoms with E-state index >= 15 is 0 Å². The Bertz CT molecular complexity index is 1070. The lowest BCUT2D eigenvalue weighted by Gasteiger charge is -2.29. The van der Waals surface area contributed by atoms with Crippen LogP contribution in [0.3, 0.4) is 0 Å². The van der Waals surface area contributed by atoms with Crippen LogP contribution >= 0.6 is 0 Å². The molecule has 2 atom stereocenters. The number of allylic oxidation sites excluding steroid dienone is 1. The number of methoxy groups -OCH3 is 1. The van der Waals surface area contributed by atoms with Crippen LogP contribution in [0.5, 0.6) is 5.75 Å². The van der Waals surface area contributed by atoms with E-state index in [4.69, 9.17) is 9.15 Å². The van der Waals surface area contributed by atoms with Crippen LogP contribution in [-0.4, -0.2) is 12.9 Å². The molecule has 5 rings (SSSR count). The molecular formula is C24H22N2O3. The monoisotopic (exact) mass is 386 g/mol. The number of benzene rings is 2. The zero-order valence-electron chi connectivity index (χ0n) is 16.1. The molecule has 0 spiro atoms. The molecule has 1 aromatic heterocycles. The van der Waals surface area contributed by atoms with Gasteiger partial charge in [0.05, 0.1) is 30.8 Å². The summed E-state index contributed by atoms with van der Waals surface area (Å²) in [6, 6.07) is 19.6. The van der Waals surface area contributed by atoms with Crippen LogP contribution in [0, 0.1) is 0 Å². The second-order valence-corrected chi connectivity index (χ2v) is 7.46. The molecule has 0 saturated carbocycles. The lowest BCUT2D eigenvalue weighted by Crippen LogP contribution is -2.26. The smallest absolute Gasteiger partial charge is 0.163 e. The number of para-hydroxylation sites is 2. The fraction of sp³-hybridized carbons (Fsp3) is 0.208. The number of ether oxygens (including phenoxy) is 1. The zero-order chi connectivity index (χ0) is 19.8. The van der Waals surface area contributed by atoms with Gasteiger partial charge in [0.1, 0.15) is 11.5 Å². The van der Waals surface area contributed by atoms with Crippen LogP contribution in [0.25, 0.3) is 0 Å². The number of Topliss-reactive ketones (excluding diaryl/α,β-unsaturated/α-hetero) is 1. The van der Waals surface area contributed by atoms with Crippen LogP contribution in [0.4, 0.5) is 11.4 Å². The maximum Gasteiger partial charge on any atom is 0.163 e. The molecule has 1 aliphatic heterocycles. The first-order valence-corrected chi connectivity index (χ1v) is 9.79. The van der Waals surface area contributed by atoms with E-state index in [1.165, 1.54) is 0 Å². The average Bonchev–Trinajstić information content (AvgIpc) is 3.23. The minimum Gasteiger partial charge on any atom is -0.497 e. The van der Waals surface area contributed by atoms with Crippen LogP contribution in [0.15, 0.2) is 82.6 Å². The van der Waals surface area contributed by atoms with Gasteiger partial charge in [-0.05, 0) is 48.4 Å². The first kappa shape index (κ1) is 17.6. The van der Waals surface area contributed by atoms with Gasteiger partial charge in [0.2, 0.25) is 0 Å². The van der Waals surface area contributed by atoms with Crippen molar-refractivity contribution in [3.8, 4) is 5.75 Å². The third kappa shape index (κ3) is 3.18. The standard InChI is InChI=1S/C24H22N2O3/c1-28-17-10-8-15(9-11-17)24-23-20(25-18-5-2-3-6-19(18)26-24)13-16(14-21(23)27)22-7-4-12-29-22/h2-12,16,24-26H,13-14H2,1H3/t16-,24-/m1/s1. The zero-order valence-corrected chi connectivity index (χ0v) is 16.1. The molecule has 1 aliphatic carbocycles. The maximum atomic E-state index is 13.3. The second kappa shape index (κ2) is 7.17. The van der Waals surface area contributed by atoms with Gasteiger partial charge in [0, 0.05) is 23.6 Å². The van der Waals surface area contributed by atoms with Gasteiger partial charge in [-0.3, -0.25) is 4.79 Å². The van der Waals surface area contributed by atoms with E-state index in [-0.39, 0.29) is 17.7 Å². The van der Waals surface area contributed by atoms with Crippen molar-refractivity contribution in [1.29, 1.82) is 0 Å². The number of rotatable bonds is 3. The molecule has 0 unspecified atom stereocenters. The number of hydrogen-bond acceptors (Lipinski definition) is 5. The number of anilines is 2. The van der Waals surface area contributed by atoms with Gasteiger partial charge in [-0.1, -0.05) is 24.3 Å². The van der Waals surface area contributed by atoms with Gasteiger partial charge in [0.25, 0.3) is 0 Å². The number of hydrogen-bond donors (Lipinski definition) is 2. The molecule has 0 fully saturated rings. The minimum atomic E-state index is -0.225. The molecule has 2 N–H and O–H groups in total. The van der Waals surface area contributed by atoms with Gasteiger partial charge in [0.15, 0.2) is 5.78 Å². The molecule has 3 aromatic rings. The van der Waals surface area contributed by atoms with E-state index in [1.807, 2.05) is 60.7 Å². The second-order valence-electron chi connectivity index (χ2n) is 7.46. The normalized spacial score (nSPS) is 20.8. The third-order valence-electron chi connectivity index (χ3n) is 5.70. The Kier molecular flexibility index (Phi) is 4.35. The molecular weight excluding hydrogens is 364 g/mol. The van der Waals surface area contributed by atoms with Crippen LogP contribution in [0.1, 0.15) is 36.1 Å². The largest absolute Gasteiger partial charge is 0.497 e. The van der Waals surface area contributed by atoms with Crippen molar-refractivity contribution in [3.05, 3.63) is 89.5 Å². The van der Waals surface area contributed by atoms with Gasteiger partial charge in [-0.2, -0.15) is 0 Å². The Morgan fingerprint density at radius 1 is 0.966 bits per heavy atom. The summed E-state index contributed by atoms with van der Waals surface area (Å²) >= 11 is 0. The quantitative estimate of drug-likeness (QED) is 0.642. The Morgan fingerprint density at radius 2 is 1.76 bits per heavy atom. The predicted octanol–water partition coefficient (Wildman–Crippen LogP) is 5.27. The van der Waals surface area contributed by atoms with Gasteiger partial charge in [-0.25, -0.2) is 0 Å². The van der Waals surface area contributed by atoms with Crippen LogP contribution < -0.4 is 15.4 Å². The molecule has 2 aliphatic rings. The van der Waals surface area contributed by atoms with Crippen LogP contribution in [0.2, 0.25) is 0 Å². The van der Waals surface area contributed by atoms with Crippen molar-refractivity contribution in [1.82, 2.24) is 0 Å². The number of carbonyl (C=O) groups excluding carboxylic acids is 1. The van der Waals surface area contributed by atoms with E-state index in [9.17, 15) is 4.79 Å². The van der Waals surface area contributed by atoms with Gasteiger partial charge >= 0.3 is 0 Å². The summed E-state index contributed by atoms with van der Waals surface area (Å²) in [4.78, 5) is 13.3. The predicted molar refractivity (Wildman–Crippen MR) is 112 cm³/mol. The lowest BCUT2D eigenvalue weighted by atomic mass is 9.80. The summed E-state index contributed by atoms with van der Waals surface area (Å²) in [5.74, 6) is 1.84. The Hall–Kier alpha value is -3.47. The minimum absolute atomic E-state index is 0.0468. The summed E-state index contributed by atoms with van der Waals surface area (Å²) in [7, 11) is 1.65. The Morgan fingerprint density at radius 3 is 2.48 bits per heavy atom. The van der Waals surface area contributed by atoms with E-state index < -0.39 is 0 Å². The van der Waals surface area contributed by atoms with Crippen molar-refractivity contribution in [2.75, 3.05) is 17.7 Å². The molecule has 2 heterocycles. The average molecular weight is 386 g/mol. The molecule has 5 heteroatoms. The van der Waals surface area contributed by atoms with Crippen molar-refractivity contribution in [3.63, 3.8) is 0 Å². The molecule has 5 nitrogen and oxygen atoms in total. The fourth-order valence-corrected chi connectivity index (χ4v) is 4.26. The van der Waals surface area contributed by atoms with Crippen molar-refractivity contribution < 1.29 is 13.9 Å². The topological polar surface area (TPSA) is 63.5 Å². The maximum absolute atomic E-state index is 13.3. The molecule has 0 amide bonds. The van der Waals surface area contributed by atoms with E-state index in [1.54, 1.807) is 13.4 Å². The highest BCUT2D eigenvalue weighted by molar-refractivity contribution is 6.01. The summed E-state index contributed by atoms with van der Waals surface area (Å²) in [6.07, 6.45) is 2.84. The highest BCUT2D eigenvalue weighted by Gasteiger charge is 2.36. The number of nitrogens with one attached hydrogen (secondary N) is 2. The number of fused-ring (bicyclic) bond motifs is 1. The first-order valence-electron chi connectivity index (χ1n) is 9.79. The summed E-state index contributed by atoms with van der Waals surface area (Å²) in [5.41, 5.74) is 4.74. The van der Waals surface area contributed by atoms with Crippen molar-refractivity contribution in [2.45, 2.75) is 24.8 Å². The fourth-order valence-electron chi connectivity index (χ4n) is 4.26. The molecule has 0 bridgehead atoms. The third-order valence-corrected chi connectivity index (χ3v) is 5.70. The SMILES string of the molecule is COc1ccc([C@H]2Nc3ccccc3NC3=C2C(=O)C[C@H](c2ccco2)C3)cc1. The summed E-state index contributed by atoms with van der Waals surface area (Å²) in [6.45, 7) is 0. The number of furan rings is 1. The van der Waals surface area contributed by atoms with Gasteiger partial charge in [-0.15, -0.1) is 0 Å². The molecule has 0 radical (unpaired) electrons.